The Morgan fingerprint density at radius 1 is 0.299 bits per heavy atom. The van der Waals surface area contributed by atoms with E-state index < -0.39 is 21.0 Å². The van der Waals surface area contributed by atoms with Crippen molar-refractivity contribution in [2.45, 2.75) is 23.8 Å². The molecule has 9 heteroatoms. The predicted molar refractivity (Wildman–Crippen MR) is 393 cm³/mol. The highest BCUT2D eigenvalue weighted by molar-refractivity contribution is 7.88. The summed E-state index contributed by atoms with van der Waals surface area (Å²) >= 11 is 0. The molecular weight excluding hydrogens is 1220 g/mol. The van der Waals surface area contributed by atoms with Gasteiger partial charge in [0.05, 0.1) is 10.8 Å². The highest BCUT2D eigenvalue weighted by atomic mass is 32.2. The molecule has 0 radical (unpaired) electrons. The maximum Gasteiger partial charge on any atom is 0.534 e. The molecule has 466 valence electrons. The van der Waals surface area contributed by atoms with Crippen LogP contribution in [0.1, 0.15) is 51.9 Å². The Bertz CT molecular complexity index is 5740. The molecule has 16 aromatic rings. The number of para-hydroxylation sites is 4. The standard InChI is InChI=1S/C43H27N.C32H17F3O3S.C12H11N.CH4/c1-3-13-28(14-4-1)44(29-15-5-2-6-16-29)30-25-26-38-36(27-30)33-19-9-10-22-37(33)43(38)39-23-11-20-34-31-17-7-8-18-32(31)35-21-12-24-40(43)42(35)41(34)39;33-32(34,35)39(36,37)38-18-15-16-26-24(17-18)21-9-3-4-12-25(21)31(26)27-13-5-10-22-19-7-1-2-8-20(19)23-11-6-14-28(31)30(23)29(22)27;1-3-7-11(8-4-1)13-12-9-5-2-6-10-12;/h1-27H;1-17H;1-10,13H;1H4. The molecule has 4 aliphatic rings. The van der Waals surface area contributed by atoms with Crippen molar-refractivity contribution in [1.29, 1.82) is 0 Å². The van der Waals surface area contributed by atoms with Gasteiger partial charge in [-0.25, -0.2) is 0 Å². The van der Waals surface area contributed by atoms with Gasteiger partial charge in [-0.1, -0.05) is 262 Å². The number of hydrogen-bond acceptors (Lipinski definition) is 5. The van der Waals surface area contributed by atoms with Crippen molar-refractivity contribution in [2.24, 2.45) is 0 Å². The predicted octanol–water partition coefficient (Wildman–Crippen LogP) is 23.4. The van der Waals surface area contributed by atoms with E-state index in [2.05, 4.69) is 227 Å². The lowest BCUT2D eigenvalue weighted by Gasteiger charge is -2.31. The Hall–Kier alpha value is -11.8. The molecular formula is C88H59F3N2O3S. The largest absolute Gasteiger partial charge is 0.534 e. The summed E-state index contributed by atoms with van der Waals surface area (Å²) in [6.45, 7) is 0. The normalized spacial score (nSPS) is 13.5. The summed E-state index contributed by atoms with van der Waals surface area (Å²) in [6, 6.07) is 114. The molecule has 0 bridgehead atoms. The van der Waals surface area contributed by atoms with Gasteiger partial charge >= 0.3 is 15.6 Å². The Morgan fingerprint density at radius 2 is 0.608 bits per heavy atom. The lowest BCUT2D eigenvalue weighted by atomic mass is 9.70. The van der Waals surface area contributed by atoms with Crippen LogP contribution in [0.3, 0.4) is 0 Å². The second-order valence-electron chi connectivity index (χ2n) is 24.9. The van der Waals surface area contributed by atoms with E-state index in [0.29, 0.717) is 5.56 Å². The first kappa shape index (κ1) is 59.0. The molecule has 0 heterocycles. The second kappa shape index (κ2) is 22.4. The van der Waals surface area contributed by atoms with Gasteiger partial charge in [0.1, 0.15) is 5.75 Å². The zero-order valence-electron chi connectivity index (χ0n) is 51.4. The van der Waals surface area contributed by atoms with Gasteiger partial charge in [0, 0.05) is 28.4 Å². The number of halogens is 3. The van der Waals surface area contributed by atoms with Gasteiger partial charge in [0.15, 0.2) is 0 Å². The number of hydrogen-bond donors (Lipinski definition) is 1. The molecule has 0 aromatic heterocycles. The van der Waals surface area contributed by atoms with Crippen molar-refractivity contribution in [3.05, 3.63) is 372 Å². The monoisotopic (exact) mass is 1280 g/mol. The SMILES string of the molecule is C.O=S(=O)(Oc1ccc2c(c1)-c1ccccc1C21c2cccc3c4ccccc4c4cccc1c4c23)C(F)(F)F.c1ccc(N(c2ccccc2)c2ccc3c(c2)-c2ccccc2C32c3cccc4c5ccccc5c5cccc2c5c34)cc1.c1ccc(Nc2ccccc2)cc1. The van der Waals surface area contributed by atoms with E-state index in [1.165, 1.54) is 77.8 Å². The zero-order valence-corrected chi connectivity index (χ0v) is 52.2. The zero-order chi connectivity index (χ0) is 64.5. The average Bonchev–Trinajstić information content (AvgIpc) is 1.50. The van der Waals surface area contributed by atoms with Crippen molar-refractivity contribution in [3.8, 4) is 28.0 Å². The summed E-state index contributed by atoms with van der Waals surface area (Å²) in [5.41, 5.74) is 12.8. The second-order valence-corrected chi connectivity index (χ2v) is 26.4. The van der Waals surface area contributed by atoms with Crippen LogP contribution in [0.2, 0.25) is 0 Å². The molecule has 0 unspecified atom stereocenters. The highest BCUT2D eigenvalue weighted by Gasteiger charge is 2.54. The molecule has 16 aromatic carbocycles. The Labute approximate surface area is 559 Å². The van der Waals surface area contributed by atoms with Gasteiger partial charge in [-0.3, -0.25) is 0 Å². The first-order valence-electron chi connectivity index (χ1n) is 32.1. The van der Waals surface area contributed by atoms with Crippen molar-refractivity contribution in [1.82, 2.24) is 0 Å². The summed E-state index contributed by atoms with van der Waals surface area (Å²) in [5.74, 6) is -0.379. The van der Waals surface area contributed by atoms with Crippen LogP contribution in [0.5, 0.6) is 5.75 Å². The third kappa shape index (κ3) is 8.67. The van der Waals surface area contributed by atoms with Gasteiger partial charge in [-0.05, 0) is 204 Å². The number of fused-ring (bicyclic) bond motifs is 20. The molecule has 0 atom stereocenters. The Kier molecular flexibility index (Phi) is 13.6. The molecule has 0 saturated carbocycles. The molecule has 1 N–H and O–H groups in total. The average molecular weight is 1280 g/mol. The number of nitrogens with one attached hydrogen (secondary N) is 1. The maximum atomic E-state index is 13.1. The minimum Gasteiger partial charge on any atom is -0.376 e. The highest BCUT2D eigenvalue weighted by Crippen LogP contribution is 2.66. The minimum absolute atomic E-state index is 0. The summed E-state index contributed by atoms with van der Waals surface area (Å²) in [7, 11) is -5.80. The summed E-state index contributed by atoms with van der Waals surface area (Å²) in [4.78, 5) is 2.37. The van der Waals surface area contributed by atoms with Crippen LogP contribution < -0.4 is 14.4 Å². The number of alkyl halides is 3. The first-order valence-corrected chi connectivity index (χ1v) is 33.5. The molecule has 20 rings (SSSR count). The van der Waals surface area contributed by atoms with Crippen molar-refractivity contribution in [3.63, 3.8) is 0 Å². The topological polar surface area (TPSA) is 58.6 Å². The number of benzene rings is 16. The smallest absolute Gasteiger partial charge is 0.376 e. The third-order valence-electron chi connectivity index (χ3n) is 20.0. The van der Waals surface area contributed by atoms with Gasteiger partial charge in [0.25, 0.3) is 0 Å². The fourth-order valence-electron chi connectivity index (χ4n) is 16.5. The fourth-order valence-corrected chi connectivity index (χ4v) is 17.0. The molecule has 4 aliphatic carbocycles. The van der Waals surface area contributed by atoms with Crippen LogP contribution >= 0.6 is 0 Å². The maximum absolute atomic E-state index is 13.1. The lowest BCUT2D eigenvalue weighted by molar-refractivity contribution is -0.0500. The van der Waals surface area contributed by atoms with E-state index in [-0.39, 0.29) is 18.6 Å². The molecule has 0 fully saturated rings. The van der Waals surface area contributed by atoms with Crippen molar-refractivity contribution >= 4 is 103 Å². The van der Waals surface area contributed by atoms with E-state index >= 15 is 0 Å². The Morgan fingerprint density at radius 3 is 1.00 bits per heavy atom. The van der Waals surface area contributed by atoms with E-state index in [0.717, 1.165) is 88.6 Å². The van der Waals surface area contributed by atoms with Crippen molar-refractivity contribution in [2.75, 3.05) is 10.2 Å². The first-order chi connectivity index (χ1) is 47.0. The molecule has 0 aliphatic heterocycles. The molecule has 2 spiro atoms. The van der Waals surface area contributed by atoms with Crippen LogP contribution in [0, 0.1) is 0 Å². The van der Waals surface area contributed by atoms with E-state index in [9.17, 15) is 21.6 Å². The van der Waals surface area contributed by atoms with Gasteiger partial charge in [-0.2, -0.15) is 21.6 Å². The number of nitrogens with zero attached hydrogens (tertiary/aromatic N) is 1. The quantitative estimate of drug-likeness (QED) is 0.0979. The van der Waals surface area contributed by atoms with E-state index in [4.69, 9.17) is 0 Å². The lowest BCUT2D eigenvalue weighted by Crippen LogP contribution is -2.28. The van der Waals surface area contributed by atoms with E-state index in [1.807, 2.05) is 97.1 Å². The third-order valence-corrected chi connectivity index (χ3v) is 21.0. The van der Waals surface area contributed by atoms with Gasteiger partial charge < -0.3 is 14.4 Å². The summed E-state index contributed by atoms with van der Waals surface area (Å²) in [5, 5.41) is 18.4. The summed E-state index contributed by atoms with van der Waals surface area (Å²) in [6.07, 6.45) is 0. The number of rotatable bonds is 7. The Balaban J connectivity index is 0.000000123. The van der Waals surface area contributed by atoms with Gasteiger partial charge in [0.2, 0.25) is 0 Å². The van der Waals surface area contributed by atoms with Gasteiger partial charge in [-0.15, -0.1) is 0 Å². The molecule has 0 saturated heterocycles. The molecule has 0 amide bonds. The van der Waals surface area contributed by atoms with Crippen LogP contribution in [0.4, 0.5) is 41.6 Å². The summed E-state index contributed by atoms with van der Waals surface area (Å²) < 4.78 is 67.4. The van der Waals surface area contributed by atoms with E-state index in [1.54, 1.807) is 6.07 Å². The number of anilines is 5. The molecule has 97 heavy (non-hydrogen) atoms. The minimum atomic E-state index is -5.80. The molecule has 5 nitrogen and oxygen atoms in total. The van der Waals surface area contributed by atoms with Crippen LogP contribution in [-0.4, -0.2) is 13.9 Å². The van der Waals surface area contributed by atoms with Crippen LogP contribution in [0.15, 0.2) is 328 Å². The van der Waals surface area contributed by atoms with Crippen LogP contribution in [-0.2, 0) is 20.9 Å². The van der Waals surface area contributed by atoms with Crippen LogP contribution in [0.25, 0.3) is 86.9 Å². The fraction of sp³-hybridized carbons (Fsp3) is 0.0455. The van der Waals surface area contributed by atoms with Crippen molar-refractivity contribution < 1.29 is 25.8 Å².